The maximum absolute atomic E-state index is 11.1. The molecule has 0 amide bonds. The van der Waals surface area contributed by atoms with Crippen molar-refractivity contribution < 1.29 is 19.5 Å². The first-order valence-corrected chi connectivity index (χ1v) is 7.02. The molecule has 0 fully saturated rings. The number of aliphatic hydroxyl groups excluding tert-OH is 1. The van der Waals surface area contributed by atoms with Gasteiger partial charge in [-0.2, -0.15) is 5.21 Å². The van der Waals surface area contributed by atoms with Crippen molar-refractivity contribution in [3.05, 3.63) is 35.9 Å². The number of aromatic nitrogens is 6. The van der Waals surface area contributed by atoms with Crippen LogP contribution in [-0.2, 0) is 4.57 Å². The van der Waals surface area contributed by atoms with Gasteiger partial charge in [0.15, 0.2) is 5.44 Å². The third kappa shape index (κ3) is 2.21. The number of imidazole rings is 1. The number of fused-ring (bicyclic) bond motifs is 1. The van der Waals surface area contributed by atoms with E-state index in [0.29, 0.717) is 11.2 Å². The molecule has 3 heterocycles. The predicted molar refractivity (Wildman–Crippen MR) is 65.1 cm³/mol. The Balaban J connectivity index is 2.05. The minimum Gasteiger partial charge on any atom is -0.380 e. The molecule has 0 radical (unpaired) electrons. The number of hydrogen-bond acceptors (Lipinski definition) is 6. The summed E-state index contributed by atoms with van der Waals surface area (Å²) >= 11 is 0. The van der Waals surface area contributed by atoms with Gasteiger partial charge in [-0.05, 0) is 6.07 Å². The molecule has 0 bridgehead atoms. The van der Waals surface area contributed by atoms with Gasteiger partial charge in [0.25, 0.3) is 0 Å². The van der Waals surface area contributed by atoms with Gasteiger partial charge in [-0.15, -0.1) is 10.2 Å². The molecule has 104 valence electrons. The number of aliphatic hydroxyl groups is 1. The molecule has 0 aromatic carbocycles. The number of hydrogen-bond donors (Lipinski definition) is 4. The lowest BCUT2D eigenvalue weighted by Crippen LogP contribution is -2.04. The number of rotatable bonds is 3. The highest BCUT2D eigenvalue weighted by Gasteiger charge is 2.22. The smallest absolute Gasteiger partial charge is 0.376 e. The van der Waals surface area contributed by atoms with E-state index in [1.807, 2.05) is 0 Å². The number of pyridine rings is 1. The summed E-state index contributed by atoms with van der Waals surface area (Å²) in [6.45, 7) is 0. The van der Waals surface area contributed by atoms with Crippen molar-refractivity contribution in [2.45, 2.75) is 6.10 Å². The van der Waals surface area contributed by atoms with E-state index in [0.717, 1.165) is 0 Å². The van der Waals surface area contributed by atoms with Crippen molar-refractivity contribution in [1.82, 2.24) is 30.0 Å². The molecule has 3 aromatic heterocycles. The highest BCUT2D eigenvalue weighted by Crippen LogP contribution is 2.32. The van der Waals surface area contributed by atoms with Crippen LogP contribution in [0.3, 0.4) is 0 Å². The Labute approximate surface area is 111 Å². The van der Waals surface area contributed by atoms with E-state index in [9.17, 15) is 9.67 Å². The maximum atomic E-state index is 11.1. The Hall–Kier alpha value is -2.13. The van der Waals surface area contributed by atoms with E-state index in [1.165, 1.54) is 22.9 Å². The average molecular weight is 296 g/mol. The third-order valence-corrected chi connectivity index (χ3v) is 3.49. The van der Waals surface area contributed by atoms with E-state index in [2.05, 4.69) is 25.6 Å². The van der Waals surface area contributed by atoms with Crippen LogP contribution in [0.5, 0.6) is 0 Å². The van der Waals surface area contributed by atoms with Gasteiger partial charge in [0.1, 0.15) is 11.8 Å². The molecular formula is C9H9N6O4P. The molecule has 0 aliphatic heterocycles. The zero-order chi connectivity index (χ0) is 14.3. The fourth-order valence-corrected chi connectivity index (χ4v) is 2.24. The molecule has 11 heteroatoms. The summed E-state index contributed by atoms with van der Waals surface area (Å²) in [5, 5.41) is 23.0. The quantitative estimate of drug-likeness (QED) is 0.437. The molecule has 10 nitrogen and oxygen atoms in total. The van der Waals surface area contributed by atoms with Crippen LogP contribution in [0, 0.1) is 0 Å². The average Bonchev–Trinajstić information content (AvgIpc) is 3.05. The van der Waals surface area contributed by atoms with Gasteiger partial charge in [-0.1, -0.05) is 11.3 Å². The largest absolute Gasteiger partial charge is 0.380 e. The van der Waals surface area contributed by atoms with Crippen molar-refractivity contribution >= 4 is 18.7 Å². The van der Waals surface area contributed by atoms with E-state index < -0.39 is 13.7 Å². The molecule has 4 N–H and O–H groups in total. The van der Waals surface area contributed by atoms with E-state index in [1.54, 1.807) is 6.07 Å². The first-order chi connectivity index (χ1) is 9.45. The Kier molecular flexibility index (Phi) is 2.87. The first-order valence-electron chi connectivity index (χ1n) is 5.41. The van der Waals surface area contributed by atoms with Crippen LogP contribution in [-0.4, -0.2) is 44.9 Å². The second kappa shape index (κ2) is 4.46. The minimum absolute atomic E-state index is 0.0969. The molecule has 3 rings (SSSR count). The van der Waals surface area contributed by atoms with Crippen molar-refractivity contribution in [1.29, 1.82) is 0 Å². The van der Waals surface area contributed by atoms with Gasteiger partial charge in [0, 0.05) is 18.0 Å². The van der Waals surface area contributed by atoms with Gasteiger partial charge in [0.2, 0.25) is 5.82 Å². The van der Waals surface area contributed by atoms with Crippen molar-refractivity contribution in [2.75, 3.05) is 0 Å². The normalized spacial score (nSPS) is 13.8. The Morgan fingerprint density at radius 2 is 2.10 bits per heavy atom. The zero-order valence-corrected chi connectivity index (χ0v) is 10.7. The van der Waals surface area contributed by atoms with Crippen LogP contribution in [0.4, 0.5) is 0 Å². The predicted octanol–water partition coefficient (Wildman–Crippen LogP) is -1.27. The Morgan fingerprint density at radius 3 is 2.75 bits per heavy atom. The summed E-state index contributed by atoms with van der Waals surface area (Å²) in [5.74, 6) is 0.0969. The molecule has 0 saturated heterocycles. The molecule has 0 saturated carbocycles. The lowest BCUT2D eigenvalue weighted by Gasteiger charge is -2.06. The van der Waals surface area contributed by atoms with Crippen molar-refractivity contribution in [3.8, 4) is 0 Å². The van der Waals surface area contributed by atoms with Crippen LogP contribution in [0.15, 0.2) is 24.5 Å². The fraction of sp³-hybridized carbons (Fsp3) is 0.111. The standard InChI is InChI=1S/C9H9N6O4P/c16-8(9-11-13-14-12-9)5-1-2-6-10-7(20(17,18)19)4-15(6)3-5/h1-4,8,16H,(H2,17,18,19)(H,11,12,13,14). The summed E-state index contributed by atoms with van der Waals surface area (Å²) in [5.41, 5.74) is 0.463. The number of nitrogens with zero attached hydrogens (tertiary/aromatic N) is 5. The van der Waals surface area contributed by atoms with Crippen molar-refractivity contribution in [2.24, 2.45) is 0 Å². The minimum atomic E-state index is -4.41. The molecule has 0 aliphatic carbocycles. The number of H-pyrrole nitrogens is 1. The molecule has 3 aromatic rings. The molecule has 0 spiro atoms. The van der Waals surface area contributed by atoms with Gasteiger partial charge in [0.05, 0.1) is 0 Å². The number of aromatic amines is 1. The zero-order valence-electron chi connectivity index (χ0n) is 9.82. The summed E-state index contributed by atoms with van der Waals surface area (Å²) in [6, 6.07) is 3.09. The number of tetrazole rings is 1. The van der Waals surface area contributed by atoms with Gasteiger partial charge in [-0.25, -0.2) is 4.98 Å². The first kappa shape index (κ1) is 12.9. The topological polar surface area (TPSA) is 150 Å². The van der Waals surface area contributed by atoms with Gasteiger partial charge >= 0.3 is 7.60 Å². The Morgan fingerprint density at radius 1 is 1.30 bits per heavy atom. The lowest BCUT2D eigenvalue weighted by atomic mass is 10.1. The summed E-state index contributed by atoms with van der Waals surface area (Å²) in [7, 11) is -4.41. The van der Waals surface area contributed by atoms with E-state index in [-0.39, 0.29) is 11.3 Å². The van der Waals surface area contributed by atoms with Crippen LogP contribution >= 0.6 is 7.60 Å². The van der Waals surface area contributed by atoms with Crippen molar-refractivity contribution in [3.63, 3.8) is 0 Å². The maximum Gasteiger partial charge on any atom is 0.376 e. The van der Waals surface area contributed by atoms with Gasteiger partial charge < -0.3 is 19.3 Å². The summed E-state index contributed by atoms with van der Waals surface area (Å²) in [4.78, 5) is 22.0. The van der Waals surface area contributed by atoms with E-state index in [4.69, 9.17) is 9.79 Å². The SMILES string of the molecule is O=P(O)(O)c1cn2cc(C(O)c3nn[nH]n3)ccc2n1. The second-order valence-corrected chi connectivity index (χ2v) is 5.59. The summed E-state index contributed by atoms with van der Waals surface area (Å²) in [6.07, 6.45) is 1.60. The third-order valence-electron chi connectivity index (χ3n) is 2.68. The second-order valence-electron chi connectivity index (χ2n) is 4.04. The van der Waals surface area contributed by atoms with Crippen LogP contribution in [0.2, 0.25) is 0 Å². The Bertz CT molecular complexity index is 794. The molecule has 20 heavy (non-hydrogen) atoms. The van der Waals surface area contributed by atoms with Crippen LogP contribution < -0.4 is 5.44 Å². The summed E-state index contributed by atoms with van der Waals surface area (Å²) < 4.78 is 12.6. The molecule has 1 unspecified atom stereocenters. The molecular weight excluding hydrogens is 287 g/mol. The lowest BCUT2D eigenvalue weighted by molar-refractivity contribution is 0.209. The van der Waals surface area contributed by atoms with E-state index >= 15 is 0 Å². The number of nitrogens with one attached hydrogen (secondary N) is 1. The highest BCUT2D eigenvalue weighted by atomic mass is 31.2. The fourth-order valence-electron chi connectivity index (χ4n) is 1.73. The van der Waals surface area contributed by atoms with Gasteiger partial charge in [-0.3, -0.25) is 4.57 Å². The van der Waals surface area contributed by atoms with Crippen LogP contribution in [0.25, 0.3) is 5.65 Å². The highest BCUT2D eigenvalue weighted by molar-refractivity contribution is 7.60. The molecule has 0 aliphatic rings. The van der Waals surface area contributed by atoms with Crippen LogP contribution in [0.1, 0.15) is 17.5 Å². The molecule has 1 atom stereocenters. The monoisotopic (exact) mass is 296 g/mol.